The van der Waals surface area contributed by atoms with Crippen LogP contribution in [0, 0.1) is 5.92 Å². The fraction of sp³-hybridized carbons (Fsp3) is 0.933. The summed E-state index contributed by atoms with van der Waals surface area (Å²) in [6.07, 6.45) is 10.5. The van der Waals surface area contributed by atoms with Gasteiger partial charge < -0.3 is 10.5 Å². The van der Waals surface area contributed by atoms with Gasteiger partial charge in [-0.25, -0.2) is 0 Å². The predicted molar refractivity (Wildman–Crippen MR) is 70.3 cm³/mol. The van der Waals surface area contributed by atoms with E-state index in [4.69, 9.17) is 10.5 Å². The van der Waals surface area contributed by atoms with Crippen molar-refractivity contribution >= 4 is 5.78 Å². The van der Waals surface area contributed by atoms with Gasteiger partial charge in [-0.2, -0.15) is 0 Å². The lowest BCUT2D eigenvalue weighted by molar-refractivity contribution is -0.156. The third-order valence-corrected chi connectivity index (χ3v) is 5.34. The molecule has 3 heteroatoms. The molecule has 18 heavy (non-hydrogen) atoms. The van der Waals surface area contributed by atoms with Crippen molar-refractivity contribution in [3.63, 3.8) is 0 Å². The lowest BCUT2D eigenvalue weighted by Crippen LogP contribution is -2.48. The zero-order chi connectivity index (χ0) is 12.6. The molecule has 1 saturated heterocycles. The van der Waals surface area contributed by atoms with Gasteiger partial charge in [-0.15, -0.1) is 0 Å². The summed E-state index contributed by atoms with van der Waals surface area (Å²) in [5.41, 5.74) is 6.23. The molecule has 0 radical (unpaired) electrons. The van der Waals surface area contributed by atoms with Gasteiger partial charge in [-0.3, -0.25) is 4.79 Å². The minimum atomic E-state index is -0.178. The van der Waals surface area contributed by atoms with Crippen molar-refractivity contribution in [1.82, 2.24) is 0 Å². The molecule has 102 valence electrons. The quantitative estimate of drug-likeness (QED) is 0.838. The first-order valence-electron chi connectivity index (χ1n) is 7.57. The van der Waals surface area contributed by atoms with E-state index in [-0.39, 0.29) is 17.1 Å². The van der Waals surface area contributed by atoms with E-state index in [9.17, 15) is 4.79 Å². The maximum atomic E-state index is 12.5. The third kappa shape index (κ3) is 2.35. The van der Waals surface area contributed by atoms with Crippen LogP contribution in [0.5, 0.6) is 0 Å². The average Bonchev–Trinajstić information content (AvgIpc) is 2.74. The first kappa shape index (κ1) is 12.6. The van der Waals surface area contributed by atoms with Gasteiger partial charge in [0.1, 0.15) is 5.78 Å². The predicted octanol–water partition coefficient (Wildman–Crippen LogP) is 2.57. The van der Waals surface area contributed by atoms with E-state index in [0.717, 1.165) is 45.1 Å². The van der Waals surface area contributed by atoms with Crippen molar-refractivity contribution < 1.29 is 9.53 Å². The van der Waals surface area contributed by atoms with Crippen LogP contribution in [0.15, 0.2) is 0 Å². The summed E-state index contributed by atoms with van der Waals surface area (Å²) in [6.45, 7) is 0.772. The lowest BCUT2D eigenvalue weighted by Gasteiger charge is -2.47. The van der Waals surface area contributed by atoms with Crippen molar-refractivity contribution in [2.75, 3.05) is 6.61 Å². The maximum Gasteiger partial charge on any atom is 0.138 e. The molecule has 0 aromatic rings. The van der Waals surface area contributed by atoms with E-state index >= 15 is 0 Å². The highest BCUT2D eigenvalue weighted by molar-refractivity contribution is 5.82. The summed E-state index contributed by atoms with van der Waals surface area (Å²) in [7, 11) is 0. The van der Waals surface area contributed by atoms with Gasteiger partial charge in [-0.05, 0) is 44.9 Å². The Kier molecular flexibility index (Phi) is 3.23. The SMILES string of the molecule is NC1(CC(=O)C2CCOC3(CCC3)C2)CCCC1. The molecule has 3 rings (SSSR count). The molecular weight excluding hydrogens is 226 g/mol. The molecule has 0 aromatic heterocycles. The Morgan fingerprint density at radius 3 is 2.50 bits per heavy atom. The first-order chi connectivity index (χ1) is 8.61. The molecule has 2 aliphatic carbocycles. The van der Waals surface area contributed by atoms with Crippen LogP contribution in [0.4, 0.5) is 0 Å². The second-order valence-corrected chi connectivity index (χ2v) is 6.79. The molecule has 2 N–H and O–H groups in total. The molecule has 1 unspecified atom stereocenters. The highest BCUT2D eigenvalue weighted by atomic mass is 16.5. The molecule has 0 amide bonds. The zero-order valence-electron chi connectivity index (χ0n) is 11.2. The molecule has 1 heterocycles. The Balaban J connectivity index is 1.58. The van der Waals surface area contributed by atoms with Crippen LogP contribution in [0.3, 0.4) is 0 Å². The molecule has 2 saturated carbocycles. The van der Waals surface area contributed by atoms with Gasteiger partial charge >= 0.3 is 0 Å². The number of ketones is 1. The van der Waals surface area contributed by atoms with Crippen LogP contribution in [-0.2, 0) is 9.53 Å². The zero-order valence-corrected chi connectivity index (χ0v) is 11.2. The highest BCUT2D eigenvalue weighted by Crippen LogP contribution is 2.45. The smallest absolute Gasteiger partial charge is 0.138 e. The van der Waals surface area contributed by atoms with E-state index in [1.165, 1.54) is 19.3 Å². The van der Waals surface area contributed by atoms with E-state index in [1.54, 1.807) is 0 Å². The van der Waals surface area contributed by atoms with E-state index in [0.29, 0.717) is 12.2 Å². The standard InChI is InChI=1S/C15H25NO2/c16-14(5-1-2-6-14)11-13(17)12-4-9-18-15(10-12)7-3-8-15/h12H,1-11,16H2. The number of nitrogens with two attached hydrogens (primary N) is 1. The van der Waals surface area contributed by atoms with Gasteiger partial charge in [0.25, 0.3) is 0 Å². The van der Waals surface area contributed by atoms with Gasteiger partial charge in [-0.1, -0.05) is 12.8 Å². The summed E-state index contributed by atoms with van der Waals surface area (Å²) in [5.74, 6) is 0.633. The molecule has 1 aliphatic heterocycles. The Morgan fingerprint density at radius 1 is 1.17 bits per heavy atom. The van der Waals surface area contributed by atoms with Crippen molar-refractivity contribution in [2.24, 2.45) is 11.7 Å². The van der Waals surface area contributed by atoms with Crippen molar-refractivity contribution in [3.8, 4) is 0 Å². The molecule has 3 fully saturated rings. The van der Waals surface area contributed by atoms with Crippen LogP contribution in [0.1, 0.15) is 64.2 Å². The topological polar surface area (TPSA) is 52.3 Å². The number of carbonyl (C=O) groups is 1. The van der Waals surface area contributed by atoms with Crippen LogP contribution < -0.4 is 5.73 Å². The normalized spacial score (nSPS) is 33.3. The first-order valence-corrected chi connectivity index (χ1v) is 7.57. The number of carbonyl (C=O) groups excluding carboxylic acids is 1. The molecule has 3 nitrogen and oxygen atoms in total. The number of rotatable bonds is 3. The molecular formula is C15H25NO2. The van der Waals surface area contributed by atoms with Gasteiger partial charge in [0.05, 0.1) is 5.60 Å². The number of ether oxygens (including phenoxy) is 1. The Labute approximate surface area is 109 Å². The summed E-state index contributed by atoms with van der Waals surface area (Å²) in [5, 5.41) is 0. The maximum absolute atomic E-state index is 12.5. The molecule has 0 aromatic carbocycles. The van der Waals surface area contributed by atoms with Crippen molar-refractivity contribution in [2.45, 2.75) is 75.3 Å². The van der Waals surface area contributed by atoms with E-state index < -0.39 is 0 Å². The fourth-order valence-electron chi connectivity index (χ4n) is 3.97. The minimum Gasteiger partial charge on any atom is -0.375 e. The summed E-state index contributed by atoms with van der Waals surface area (Å²) in [4.78, 5) is 12.5. The number of Topliss-reactive ketones (excluding diaryl/α,β-unsaturated/α-hetero) is 1. The Hall–Kier alpha value is -0.410. The minimum absolute atomic E-state index is 0.0794. The number of hydrogen-bond donors (Lipinski definition) is 1. The Morgan fingerprint density at radius 2 is 1.89 bits per heavy atom. The third-order valence-electron chi connectivity index (χ3n) is 5.34. The Bertz CT molecular complexity index is 329. The fourth-order valence-corrected chi connectivity index (χ4v) is 3.97. The van der Waals surface area contributed by atoms with Gasteiger partial charge in [0.15, 0.2) is 0 Å². The molecule has 3 aliphatic rings. The molecule has 0 bridgehead atoms. The van der Waals surface area contributed by atoms with E-state index in [2.05, 4.69) is 0 Å². The summed E-state index contributed by atoms with van der Waals surface area (Å²) >= 11 is 0. The van der Waals surface area contributed by atoms with Crippen LogP contribution in [0.2, 0.25) is 0 Å². The van der Waals surface area contributed by atoms with Gasteiger partial charge in [0.2, 0.25) is 0 Å². The average molecular weight is 251 g/mol. The van der Waals surface area contributed by atoms with Crippen LogP contribution in [0.25, 0.3) is 0 Å². The van der Waals surface area contributed by atoms with Crippen LogP contribution in [-0.4, -0.2) is 23.5 Å². The summed E-state index contributed by atoms with van der Waals surface area (Å²) < 4.78 is 5.89. The highest BCUT2D eigenvalue weighted by Gasteiger charge is 2.45. The monoisotopic (exact) mass is 251 g/mol. The largest absolute Gasteiger partial charge is 0.375 e. The van der Waals surface area contributed by atoms with Crippen molar-refractivity contribution in [1.29, 1.82) is 0 Å². The second-order valence-electron chi connectivity index (χ2n) is 6.79. The second kappa shape index (κ2) is 4.61. The molecule has 1 atom stereocenters. The van der Waals surface area contributed by atoms with E-state index in [1.807, 2.05) is 0 Å². The lowest BCUT2D eigenvalue weighted by atomic mass is 9.70. The molecule has 1 spiro atoms. The summed E-state index contributed by atoms with van der Waals surface area (Å²) in [6, 6.07) is 0. The number of hydrogen-bond acceptors (Lipinski definition) is 3. The van der Waals surface area contributed by atoms with Crippen LogP contribution >= 0.6 is 0 Å². The van der Waals surface area contributed by atoms with Gasteiger partial charge in [0, 0.05) is 24.5 Å². The van der Waals surface area contributed by atoms with Crippen molar-refractivity contribution in [3.05, 3.63) is 0 Å².